The van der Waals surface area contributed by atoms with Gasteiger partial charge in [-0.05, 0) is 90.6 Å². The second-order valence-corrected chi connectivity index (χ2v) is 11.4. The molecule has 1 aromatic heterocycles. The SMILES string of the molecule is CCCCCCCCc1cnc(-c2ccc(OC[C@H]3CC[C@H](OC(=O)[C@@H](F)CCCC)CC3)c(Br)c2)nc1. The molecular formula is C31H44BrFN2O3. The van der Waals surface area contributed by atoms with Gasteiger partial charge in [-0.2, -0.15) is 0 Å². The number of unbranched alkanes of at least 4 members (excludes halogenated alkanes) is 6. The number of alkyl halides is 1. The highest BCUT2D eigenvalue weighted by molar-refractivity contribution is 9.10. The summed E-state index contributed by atoms with van der Waals surface area (Å²) in [6, 6.07) is 5.95. The van der Waals surface area contributed by atoms with E-state index in [2.05, 4.69) is 32.8 Å². The normalized spacial score (nSPS) is 18.2. The van der Waals surface area contributed by atoms with Crippen molar-refractivity contribution in [3.63, 3.8) is 0 Å². The summed E-state index contributed by atoms with van der Waals surface area (Å²) < 4.78 is 26.3. The second kappa shape index (κ2) is 16.8. The first-order valence-electron chi connectivity index (χ1n) is 14.6. The fourth-order valence-electron chi connectivity index (χ4n) is 4.86. The lowest BCUT2D eigenvalue weighted by molar-refractivity contribution is -0.157. The highest BCUT2D eigenvalue weighted by Crippen LogP contribution is 2.32. The Hall–Kier alpha value is -2.02. The molecule has 0 amide bonds. The van der Waals surface area contributed by atoms with Gasteiger partial charge in [0.1, 0.15) is 11.9 Å². The zero-order chi connectivity index (χ0) is 27.2. The van der Waals surface area contributed by atoms with Crippen molar-refractivity contribution >= 4 is 21.9 Å². The van der Waals surface area contributed by atoms with Gasteiger partial charge in [-0.1, -0.05) is 58.8 Å². The van der Waals surface area contributed by atoms with Gasteiger partial charge in [-0.15, -0.1) is 0 Å². The Kier molecular flexibility index (Phi) is 13.5. The molecule has 0 unspecified atom stereocenters. The first-order valence-corrected chi connectivity index (χ1v) is 15.4. The Morgan fingerprint density at radius 2 is 1.68 bits per heavy atom. The van der Waals surface area contributed by atoms with Crippen LogP contribution in [-0.2, 0) is 16.0 Å². The van der Waals surface area contributed by atoms with Crippen LogP contribution in [0.1, 0.15) is 103 Å². The van der Waals surface area contributed by atoms with Crippen LogP contribution in [0, 0.1) is 5.92 Å². The Morgan fingerprint density at radius 3 is 2.37 bits per heavy atom. The van der Waals surface area contributed by atoms with Crippen molar-refractivity contribution in [3.05, 3.63) is 40.6 Å². The molecule has 7 heteroatoms. The number of aryl methyl sites for hydroxylation is 1. The molecule has 0 bridgehead atoms. The van der Waals surface area contributed by atoms with Gasteiger partial charge in [0.2, 0.25) is 0 Å². The predicted octanol–water partition coefficient (Wildman–Crippen LogP) is 8.82. The van der Waals surface area contributed by atoms with Crippen molar-refractivity contribution in [3.8, 4) is 17.1 Å². The summed E-state index contributed by atoms with van der Waals surface area (Å²) in [7, 11) is 0. The summed E-state index contributed by atoms with van der Waals surface area (Å²) in [5.74, 6) is 1.19. The molecule has 1 heterocycles. The van der Waals surface area contributed by atoms with Crippen molar-refractivity contribution in [2.75, 3.05) is 6.61 Å². The molecule has 210 valence electrons. The summed E-state index contributed by atoms with van der Waals surface area (Å²) in [4.78, 5) is 21.1. The molecule has 0 radical (unpaired) electrons. The maximum atomic E-state index is 13.9. The fourth-order valence-corrected chi connectivity index (χ4v) is 5.36. The van der Waals surface area contributed by atoms with E-state index in [1.165, 1.54) is 44.1 Å². The van der Waals surface area contributed by atoms with Crippen molar-refractivity contribution in [2.24, 2.45) is 5.92 Å². The number of carbonyl (C=O) groups is 1. The van der Waals surface area contributed by atoms with Crippen molar-refractivity contribution < 1.29 is 18.7 Å². The smallest absolute Gasteiger partial charge is 0.340 e. The zero-order valence-corrected chi connectivity index (χ0v) is 24.7. The number of carbonyl (C=O) groups excluding carboxylic acids is 1. The fraction of sp³-hybridized carbons (Fsp3) is 0.645. The average Bonchev–Trinajstić information content (AvgIpc) is 2.94. The summed E-state index contributed by atoms with van der Waals surface area (Å²) in [5, 5.41) is 0. The minimum atomic E-state index is -1.50. The molecule has 1 aromatic carbocycles. The topological polar surface area (TPSA) is 61.3 Å². The van der Waals surface area contributed by atoms with E-state index < -0.39 is 12.1 Å². The van der Waals surface area contributed by atoms with Crippen molar-refractivity contribution in [1.29, 1.82) is 0 Å². The molecule has 0 saturated heterocycles. The summed E-state index contributed by atoms with van der Waals surface area (Å²) in [6.07, 6.45) is 16.1. The predicted molar refractivity (Wildman–Crippen MR) is 154 cm³/mol. The van der Waals surface area contributed by atoms with E-state index in [9.17, 15) is 9.18 Å². The van der Waals surface area contributed by atoms with Gasteiger partial charge in [0, 0.05) is 18.0 Å². The van der Waals surface area contributed by atoms with Crippen LogP contribution in [0.4, 0.5) is 4.39 Å². The summed E-state index contributed by atoms with van der Waals surface area (Å²) in [5.41, 5.74) is 2.14. The largest absolute Gasteiger partial charge is 0.492 e. The number of benzene rings is 1. The average molecular weight is 592 g/mol. The van der Waals surface area contributed by atoms with E-state index >= 15 is 0 Å². The quantitative estimate of drug-likeness (QED) is 0.144. The number of esters is 1. The van der Waals surface area contributed by atoms with E-state index in [0.717, 1.165) is 54.3 Å². The van der Waals surface area contributed by atoms with Crippen molar-refractivity contribution in [1.82, 2.24) is 9.97 Å². The van der Waals surface area contributed by atoms with Gasteiger partial charge in [0.05, 0.1) is 11.1 Å². The number of nitrogens with zero attached hydrogens (tertiary/aromatic N) is 2. The molecule has 1 aliphatic rings. The maximum absolute atomic E-state index is 13.9. The monoisotopic (exact) mass is 590 g/mol. The third-order valence-corrected chi connectivity index (χ3v) is 7.95. The van der Waals surface area contributed by atoms with E-state index in [1.807, 2.05) is 37.5 Å². The lowest BCUT2D eigenvalue weighted by atomic mass is 9.88. The minimum Gasteiger partial charge on any atom is -0.492 e. The molecular weight excluding hydrogens is 547 g/mol. The minimum absolute atomic E-state index is 0.179. The standard InChI is InChI=1S/C31H44BrFN2O3/c1-3-5-7-8-9-10-11-24-20-34-30(35-21-24)25-15-18-29(27(32)19-25)37-22-23-13-16-26(17-14-23)38-31(36)28(33)12-6-4-2/h15,18-21,23,26,28H,3-14,16-17,22H2,1-2H3/t23-,26-,28-/m0/s1. The van der Waals surface area contributed by atoms with Crippen LogP contribution in [0.3, 0.4) is 0 Å². The van der Waals surface area contributed by atoms with Crippen LogP contribution in [-0.4, -0.2) is 34.8 Å². The molecule has 1 atom stereocenters. The number of ether oxygens (including phenoxy) is 2. The molecule has 0 aliphatic heterocycles. The molecule has 1 fully saturated rings. The number of hydrogen-bond acceptors (Lipinski definition) is 5. The van der Waals surface area contributed by atoms with Crippen LogP contribution in [0.15, 0.2) is 35.1 Å². The molecule has 38 heavy (non-hydrogen) atoms. The van der Waals surface area contributed by atoms with Gasteiger partial charge in [-0.3, -0.25) is 0 Å². The lowest BCUT2D eigenvalue weighted by Crippen LogP contribution is -2.30. The molecule has 2 aromatic rings. The molecule has 1 saturated carbocycles. The second-order valence-electron chi connectivity index (χ2n) is 10.6. The first kappa shape index (κ1) is 30.5. The zero-order valence-electron chi connectivity index (χ0n) is 23.1. The van der Waals surface area contributed by atoms with E-state index in [0.29, 0.717) is 24.8 Å². The van der Waals surface area contributed by atoms with E-state index in [-0.39, 0.29) is 12.5 Å². The highest BCUT2D eigenvalue weighted by Gasteiger charge is 2.27. The molecule has 3 rings (SSSR count). The van der Waals surface area contributed by atoms with E-state index in [4.69, 9.17) is 9.47 Å². The highest BCUT2D eigenvalue weighted by atomic mass is 79.9. The van der Waals surface area contributed by atoms with Crippen molar-refractivity contribution in [2.45, 2.75) is 116 Å². The Balaban J connectivity index is 1.40. The van der Waals surface area contributed by atoms with Crippen LogP contribution in [0.25, 0.3) is 11.4 Å². The van der Waals surface area contributed by atoms with E-state index in [1.54, 1.807) is 0 Å². The molecule has 0 spiro atoms. The molecule has 5 nitrogen and oxygen atoms in total. The third-order valence-electron chi connectivity index (χ3n) is 7.33. The van der Waals surface area contributed by atoms with Crippen LogP contribution < -0.4 is 4.74 Å². The Morgan fingerprint density at radius 1 is 1.00 bits per heavy atom. The van der Waals surface area contributed by atoms with Crippen LogP contribution in [0.5, 0.6) is 5.75 Å². The Labute approximate surface area is 236 Å². The van der Waals surface area contributed by atoms with Gasteiger partial charge in [-0.25, -0.2) is 19.2 Å². The molecule has 1 aliphatic carbocycles. The van der Waals surface area contributed by atoms with Gasteiger partial charge in [0.15, 0.2) is 12.0 Å². The number of aromatic nitrogens is 2. The van der Waals surface area contributed by atoms with Gasteiger partial charge < -0.3 is 9.47 Å². The first-order chi connectivity index (χ1) is 18.5. The van der Waals surface area contributed by atoms with Crippen LogP contribution >= 0.6 is 15.9 Å². The summed E-state index contributed by atoms with van der Waals surface area (Å²) in [6.45, 7) is 4.83. The Bertz CT molecular complexity index is 964. The summed E-state index contributed by atoms with van der Waals surface area (Å²) >= 11 is 3.64. The number of rotatable bonds is 16. The number of halogens is 2. The molecule has 0 N–H and O–H groups in total. The third kappa shape index (κ3) is 10.3. The maximum Gasteiger partial charge on any atom is 0.340 e. The van der Waals surface area contributed by atoms with Crippen LogP contribution in [0.2, 0.25) is 0 Å². The van der Waals surface area contributed by atoms with Gasteiger partial charge in [0.25, 0.3) is 0 Å². The lowest BCUT2D eigenvalue weighted by Gasteiger charge is -2.28. The van der Waals surface area contributed by atoms with Gasteiger partial charge >= 0.3 is 5.97 Å². The number of hydrogen-bond donors (Lipinski definition) is 0.